The molecule has 0 radical (unpaired) electrons. The molecule has 2 aromatic carbocycles. The number of rotatable bonds is 8. The summed E-state index contributed by atoms with van der Waals surface area (Å²) in [6, 6.07) is 14.3. The Labute approximate surface area is 136 Å². The summed E-state index contributed by atoms with van der Waals surface area (Å²) in [5, 5.41) is 2.89. The molecular weight excluding hydrogens is 290 g/mol. The van der Waals surface area contributed by atoms with Gasteiger partial charge < -0.3 is 10.1 Å². The van der Waals surface area contributed by atoms with Gasteiger partial charge in [-0.2, -0.15) is 0 Å². The summed E-state index contributed by atoms with van der Waals surface area (Å²) in [4.78, 5) is 22.6. The van der Waals surface area contributed by atoms with E-state index in [4.69, 9.17) is 4.74 Å². The van der Waals surface area contributed by atoms with Gasteiger partial charge in [-0.05, 0) is 36.2 Å². The zero-order valence-electron chi connectivity index (χ0n) is 13.2. The van der Waals surface area contributed by atoms with Crippen LogP contribution in [-0.4, -0.2) is 18.7 Å². The molecule has 2 rings (SSSR count). The molecule has 2 aromatic rings. The topological polar surface area (TPSA) is 55.4 Å². The van der Waals surface area contributed by atoms with Crippen LogP contribution in [0.15, 0.2) is 48.5 Å². The molecule has 0 spiro atoms. The number of unbranched alkanes of at least 4 members (excludes halogenated alkanes) is 1. The number of benzene rings is 2. The third kappa shape index (κ3) is 5.25. The molecule has 1 amide bonds. The second-order valence-electron chi connectivity index (χ2n) is 5.29. The number of aldehydes is 1. The zero-order chi connectivity index (χ0) is 16.5. The Morgan fingerprint density at radius 3 is 2.65 bits per heavy atom. The molecule has 4 nitrogen and oxygen atoms in total. The fourth-order valence-electron chi connectivity index (χ4n) is 2.08. The molecule has 0 fully saturated rings. The first kappa shape index (κ1) is 16.7. The summed E-state index contributed by atoms with van der Waals surface area (Å²) < 4.78 is 5.65. The summed E-state index contributed by atoms with van der Waals surface area (Å²) in [7, 11) is 0. The van der Waals surface area contributed by atoms with Gasteiger partial charge in [0.05, 0.1) is 0 Å². The number of amides is 1. The van der Waals surface area contributed by atoms with E-state index in [2.05, 4.69) is 12.2 Å². The summed E-state index contributed by atoms with van der Waals surface area (Å²) in [6.07, 6.45) is 2.83. The molecule has 1 N–H and O–H groups in total. The highest BCUT2D eigenvalue weighted by Gasteiger charge is 2.04. The van der Waals surface area contributed by atoms with E-state index in [9.17, 15) is 9.59 Å². The van der Waals surface area contributed by atoms with Gasteiger partial charge in [-0.25, -0.2) is 0 Å². The molecule has 0 aliphatic carbocycles. The van der Waals surface area contributed by atoms with Crippen LogP contribution in [-0.2, 0) is 6.61 Å². The van der Waals surface area contributed by atoms with Crippen LogP contribution in [0, 0.1) is 0 Å². The van der Waals surface area contributed by atoms with Crippen LogP contribution in [0.5, 0.6) is 5.75 Å². The zero-order valence-corrected chi connectivity index (χ0v) is 13.2. The Hall–Kier alpha value is -2.62. The van der Waals surface area contributed by atoms with E-state index in [0.29, 0.717) is 30.0 Å². The van der Waals surface area contributed by atoms with Crippen molar-refractivity contribution < 1.29 is 14.3 Å². The average molecular weight is 311 g/mol. The van der Waals surface area contributed by atoms with Crippen LogP contribution in [0.1, 0.15) is 46.0 Å². The maximum Gasteiger partial charge on any atom is 0.251 e. The smallest absolute Gasteiger partial charge is 0.251 e. The molecule has 0 heterocycles. The molecule has 120 valence electrons. The van der Waals surface area contributed by atoms with E-state index in [0.717, 1.165) is 24.7 Å². The molecule has 0 aliphatic heterocycles. The molecule has 0 atom stereocenters. The maximum atomic E-state index is 11.9. The van der Waals surface area contributed by atoms with Crippen molar-refractivity contribution in [3.63, 3.8) is 0 Å². The maximum absolute atomic E-state index is 11.9. The predicted octanol–water partition coefficient (Wildman–Crippen LogP) is 3.61. The number of hydrogen-bond donors (Lipinski definition) is 1. The highest BCUT2D eigenvalue weighted by molar-refractivity contribution is 5.94. The third-order valence-corrected chi connectivity index (χ3v) is 3.43. The van der Waals surface area contributed by atoms with Gasteiger partial charge in [0.15, 0.2) is 0 Å². The van der Waals surface area contributed by atoms with Crippen molar-refractivity contribution in [3.8, 4) is 5.75 Å². The Balaban J connectivity index is 1.89. The Kier molecular flexibility index (Phi) is 6.36. The van der Waals surface area contributed by atoms with Crippen molar-refractivity contribution in [1.82, 2.24) is 5.32 Å². The quantitative estimate of drug-likeness (QED) is 0.598. The van der Waals surface area contributed by atoms with E-state index in [1.807, 2.05) is 18.2 Å². The minimum atomic E-state index is -0.0513. The van der Waals surface area contributed by atoms with Gasteiger partial charge in [0.1, 0.15) is 18.6 Å². The molecule has 0 unspecified atom stereocenters. The summed E-state index contributed by atoms with van der Waals surface area (Å²) in [5.74, 6) is 0.598. The van der Waals surface area contributed by atoms with Crippen LogP contribution >= 0.6 is 0 Å². The number of hydrogen-bond acceptors (Lipinski definition) is 3. The lowest BCUT2D eigenvalue weighted by Crippen LogP contribution is -2.24. The highest BCUT2D eigenvalue weighted by Crippen LogP contribution is 2.14. The number of carbonyl (C=O) groups is 2. The minimum absolute atomic E-state index is 0.0513. The van der Waals surface area contributed by atoms with E-state index in [-0.39, 0.29) is 5.91 Å². The summed E-state index contributed by atoms with van der Waals surface area (Å²) in [6.45, 7) is 3.18. The second kappa shape index (κ2) is 8.73. The average Bonchev–Trinajstić information content (AvgIpc) is 2.60. The first-order chi connectivity index (χ1) is 11.2. The molecular formula is C19H21NO3. The molecule has 0 bridgehead atoms. The van der Waals surface area contributed by atoms with Gasteiger partial charge >= 0.3 is 0 Å². The van der Waals surface area contributed by atoms with Crippen LogP contribution < -0.4 is 10.1 Å². The van der Waals surface area contributed by atoms with Gasteiger partial charge in [0, 0.05) is 17.7 Å². The molecule has 0 saturated carbocycles. The third-order valence-electron chi connectivity index (χ3n) is 3.43. The molecule has 0 aromatic heterocycles. The normalized spacial score (nSPS) is 10.1. The van der Waals surface area contributed by atoms with Crippen molar-refractivity contribution in [3.05, 3.63) is 65.2 Å². The standard InChI is InChI=1S/C19H21NO3/c1-2-3-11-20-19(22)17-9-7-15(8-10-17)14-23-18-6-4-5-16(12-18)13-21/h4-10,12-13H,2-3,11,14H2,1H3,(H,20,22). The summed E-state index contributed by atoms with van der Waals surface area (Å²) in [5.41, 5.74) is 2.20. The van der Waals surface area contributed by atoms with Crippen LogP contribution in [0.2, 0.25) is 0 Å². The van der Waals surface area contributed by atoms with Gasteiger partial charge in [-0.1, -0.05) is 37.6 Å². The Bertz CT molecular complexity index is 650. The van der Waals surface area contributed by atoms with Crippen molar-refractivity contribution in [1.29, 1.82) is 0 Å². The van der Waals surface area contributed by atoms with Gasteiger partial charge in [-0.3, -0.25) is 9.59 Å². The second-order valence-corrected chi connectivity index (χ2v) is 5.29. The van der Waals surface area contributed by atoms with E-state index < -0.39 is 0 Å². The SMILES string of the molecule is CCCCNC(=O)c1ccc(COc2cccc(C=O)c2)cc1. The monoisotopic (exact) mass is 311 g/mol. The van der Waals surface area contributed by atoms with Crippen LogP contribution in [0.3, 0.4) is 0 Å². The predicted molar refractivity (Wildman–Crippen MR) is 89.8 cm³/mol. The lowest BCUT2D eigenvalue weighted by Gasteiger charge is -2.08. The first-order valence-electron chi connectivity index (χ1n) is 7.78. The molecule has 0 saturated heterocycles. The highest BCUT2D eigenvalue weighted by atomic mass is 16.5. The number of carbonyl (C=O) groups excluding carboxylic acids is 2. The number of ether oxygens (including phenoxy) is 1. The Morgan fingerprint density at radius 2 is 1.96 bits per heavy atom. The molecule has 0 aliphatic rings. The van der Waals surface area contributed by atoms with Gasteiger partial charge in [-0.15, -0.1) is 0 Å². The van der Waals surface area contributed by atoms with Crippen LogP contribution in [0.25, 0.3) is 0 Å². The number of nitrogens with one attached hydrogen (secondary N) is 1. The largest absolute Gasteiger partial charge is 0.489 e. The van der Waals surface area contributed by atoms with E-state index in [1.54, 1.807) is 30.3 Å². The first-order valence-corrected chi connectivity index (χ1v) is 7.78. The van der Waals surface area contributed by atoms with E-state index >= 15 is 0 Å². The van der Waals surface area contributed by atoms with Crippen molar-refractivity contribution in [2.75, 3.05) is 6.54 Å². The van der Waals surface area contributed by atoms with Crippen molar-refractivity contribution in [2.45, 2.75) is 26.4 Å². The fraction of sp³-hybridized carbons (Fsp3) is 0.263. The van der Waals surface area contributed by atoms with Gasteiger partial charge in [0.2, 0.25) is 0 Å². The minimum Gasteiger partial charge on any atom is -0.489 e. The summed E-state index contributed by atoms with van der Waals surface area (Å²) >= 11 is 0. The Morgan fingerprint density at radius 1 is 1.17 bits per heavy atom. The molecule has 23 heavy (non-hydrogen) atoms. The van der Waals surface area contributed by atoms with Crippen LogP contribution in [0.4, 0.5) is 0 Å². The van der Waals surface area contributed by atoms with E-state index in [1.165, 1.54) is 0 Å². The molecule has 4 heteroatoms. The lowest BCUT2D eigenvalue weighted by atomic mass is 10.1. The van der Waals surface area contributed by atoms with Crippen molar-refractivity contribution in [2.24, 2.45) is 0 Å². The fourth-order valence-corrected chi connectivity index (χ4v) is 2.08. The lowest BCUT2D eigenvalue weighted by molar-refractivity contribution is 0.0952. The van der Waals surface area contributed by atoms with Gasteiger partial charge in [0.25, 0.3) is 5.91 Å². The van der Waals surface area contributed by atoms with Crippen molar-refractivity contribution >= 4 is 12.2 Å².